The molecular formula is C105H166ClN8O11RuS4+. The number of hydrogen-bond donors (Lipinski definition) is 8. The number of carbonyl (C=O) groups excluding carboxylic acids is 1. The van der Waals surface area contributed by atoms with Crippen LogP contribution in [-0.2, 0) is 73.4 Å². The van der Waals surface area contributed by atoms with Crippen molar-refractivity contribution in [2.75, 3.05) is 65.4 Å². The van der Waals surface area contributed by atoms with E-state index in [1.54, 1.807) is 0 Å². The fraction of sp³-hybridized carbons (Fsp3) is 0.571. The van der Waals surface area contributed by atoms with Crippen molar-refractivity contribution in [3.63, 3.8) is 0 Å². The Morgan fingerprint density at radius 1 is 0.377 bits per heavy atom. The Hall–Kier alpha value is -6.09. The van der Waals surface area contributed by atoms with Crippen LogP contribution in [0.25, 0.3) is 4.72 Å². The van der Waals surface area contributed by atoms with Gasteiger partial charge in [0.1, 0.15) is 10.0 Å². The molecule has 9 N–H and O–H groups in total. The third-order valence-corrected chi connectivity index (χ3v) is 29.1. The molecule has 130 heavy (non-hydrogen) atoms. The second kappa shape index (κ2) is 61.1. The molecule has 0 heterocycles. The molecule has 0 fully saturated rings. The Morgan fingerprint density at radius 3 is 0.985 bits per heavy atom. The number of nitrogens with zero attached hydrogens (tertiary/aromatic N) is 1. The van der Waals surface area contributed by atoms with Crippen LogP contribution >= 0.6 is 9.69 Å². The van der Waals surface area contributed by atoms with Gasteiger partial charge in [0.15, 0.2) is 0 Å². The van der Waals surface area contributed by atoms with Crippen molar-refractivity contribution in [3.05, 3.63) is 235 Å². The fourth-order valence-corrected chi connectivity index (χ4v) is 21.9. The molecule has 0 aromatic heterocycles. The topological polar surface area (TPSA) is 303 Å². The first kappa shape index (κ1) is 120. The number of amides is 1. The third kappa shape index (κ3) is 41.6. The van der Waals surface area contributed by atoms with Gasteiger partial charge in [0.25, 0.3) is 0 Å². The molecule has 0 aliphatic heterocycles. The zero-order valence-corrected chi connectivity index (χ0v) is 89.3. The Labute approximate surface area is 803 Å². The van der Waals surface area contributed by atoms with E-state index in [0.717, 1.165) is 134 Å². The first-order valence-electron chi connectivity index (χ1n) is 47.1. The number of carboxylic acids is 1. The summed E-state index contributed by atoms with van der Waals surface area (Å²) in [6.45, 7) is 54.4. The molecule has 0 unspecified atom stereocenters. The average molecular weight is 1980 g/mol. The van der Waals surface area contributed by atoms with Gasteiger partial charge in [-0.15, -0.1) is 6.54 Å². The van der Waals surface area contributed by atoms with Crippen molar-refractivity contribution in [2.45, 2.75) is 347 Å². The number of rotatable bonds is 45. The van der Waals surface area contributed by atoms with Crippen LogP contribution in [0.4, 0.5) is 0 Å². The van der Waals surface area contributed by atoms with E-state index in [-0.39, 0.29) is 99.8 Å². The summed E-state index contributed by atoms with van der Waals surface area (Å²) in [5.41, 5.74) is 22.7. The van der Waals surface area contributed by atoms with Crippen LogP contribution in [0.5, 0.6) is 0 Å². The molecule has 3 aliphatic carbocycles. The Bertz CT molecular complexity index is 4840. The van der Waals surface area contributed by atoms with E-state index in [0.29, 0.717) is 75.7 Å². The van der Waals surface area contributed by atoms with E-state index >= 15 is 0 Å². The van der Waals surface area contributed by atoms with Crippen molar-refractivity contribution in [3.8, 4) is 0 Å². The number of sulfonamides is 4. The van der Waals surface area contributed by atoms with E-state index in [2.05, 4.69) is 259 Å². The molecule has 5 aromatic carbocycles. The summed E-state index contributed by atoms with van der Waals surface area (Å²) in [4.78, 5) is 24.1. The van der Waals surface area contributed by atoms with Gasteiger partial charge in [-0.2, -0.15) is 0 Å². The van der Waals surface area contributed by atoms with Gasteiger partial charge in [0, 0.05) is 52.1 Å². The number of aliphatic carboxylic acids is 1. The van der Waals surface area contributed by atoms with Crippen LogP contribution in [0.3, 0.4) is 0 Å². The first-order chi connectivity index (χ1) is 60.7. The van der Waals surface area contributed by atoms with Crippen LogP contribution < -0.4 is 35.9 Å². The quantitative estimate of drug-likeness (QED) is 0.00778. The number of benzene rings is 5. The van der Waals surface area contributed by atoms with Crippen LogP contribution in [0.2, 0.25) is 0 Å². The molecule has 3 aliphatic rings. The molecule has 1 amide bonds. The maximum atomic E-state index is 13.3. The first-order valence-corrected chi connectivity index (χ1v) is 55.2. The Kier molecular flexibility index (Phi) is 56.4. The van der Waals surface area contributed by atoms with Gasteiger partial charge in [-0.3, -0.25) is 9.59 Å². The molecule has 0 atom stereocenters. The summed E-state index contributed by atoms with van der Waals surface area (Å²) in [5, 5.41) is 17.9. The molecular weight excluding hydrogens is 1810 g/mol. The Balaban J connectivity index is 0.000000562. The zero-order valence-electron chi connectivity index (χ0n) is 83.5. The van der Waals surface area contributed by atoms with Crippen LogP contribution in [0.1, 0.15) is 393 Å². The molecule has 25 heteroatoms. The molecule has 0 bridgehead atoms. The molecule has 0 spiro atoms. The molecule has 0 saturated carbocycles. The number of allylic oxidation sites excluding steroid dienone is 12. The summed E-state index contributed by atoms with van der Waals surface area (Å²) in [6.07, 6.45) is 31.8. The minimum atomic E-state index is -3.70. The predicted octanol–water partition coefficient (Wildman–Crippen LogP) is 24.4. The molecule has 19 nitrogen and oxygen atoms in total. The zero-order chi connectivity index (χ0) is 97.1. The number of aryl methyl sites for hydroxylation is 1. The number of carbonyl (C=O) groups is 2. The standard InChI is InChI=1S/C26H40N2O3S.C26H42N2O2S.C26H39N2O2S.C17H30N2O2S.C9H12O2.CH3.ClH.Ru/c1-18(2)22-16-23(19(3)4)26(24(17-22)20(5)6)32(30,31)28-15-14-27-25(29)13-12-21-10-8-7-9-11-21;2*1-19(2)23-17-24(20(3)4)26(25(18-23)21(5)6)31(29,30)28-16-15-27-14-10-13-22-11-8-7-9-12-22;1-11(2)14-9-15(12(3)4)17(16(10-14)13(5)6)22(20,21)19-8-7-18;10-9(11)7-6-8-4-2-1-3-5-8;;;/h7-8,11,16-20,28H,9-10,12-15H2,1-6H3,(H,27,29);7-8,12,17-21,27-28H,9-11,13-16H2,1-6H3;7-9,11-12,17-21,27H,10,13-16H2,1-6H3;9-13,19H,7-8,18H2,1-6H3;1-2,5H,3-4,6-7H2,(H,10,11);1H3;1H;/q;;-1;;;-1;;+4/p-1. The van der Waals surface area contributed by atoms with Gasteiger partial charge in [-0.05, 0) is 240 Å². The second-order valence-electron chi connectivity index (χ2n) is 37.5. The third-order valence-electron chi connectivity index (χ3n) is 22.8. The predicted molar refractivity (Wildman–Crippen MR) is 545 cm³/mol. The van der Waals surface area contributed by atoms with Gasteiger partial charge in [0.2, 0.25) is 36.0 Å². The van der Waals surface area contributed by atoms with Crippen molar-refractivity contribution >= 4 is 61.7 Å². The van der Waals surface area contributed by atoms with Crippen LogP contribution in [0.15, 0.2) is 170 Å². The van der Waals surface area contributed by atoms with Gasteiger partial charge >= 0.3 is 33.0 Å². The van der Waals surface area contributed by atoms with Crippen molar-refractivity contribution < 1.29 is 65.7 Å². The average Bonchev–Trinajstić information content (AvgIpc) is 0.786. The van der Waals surface area contributed by atoms with Gasteiger partial charge in [-0.1, -0.05) is 316 Å². The fourth-order valence-electron chi connectivity index (χ4n) is 15.1. The van der Waals surface area contributed by atoms with Gasteiger partial charge < -0.3 is 38.9 Å². The number of nitrogens with two attached hydrogens (primary N) is 1. The minimum absolute atomic E-state index is 0. The number of halogens is 1. The maximum absolute atomic E-state index is 13.3. The SMILES string of the molecule is CC(C)c1cc(C(C)C)c(S(=O)(=O)NCCN)c(C(C)C)c1.CC(C)c1cc(C(C)C)c(S(=O)(=O)NCCNC(=O)CCC2=CCC=CC2)c(C(C)C)c1.CC(C)c1cc(C(C)C)c(S(=O)(=O)NCCNCCCC2=CCC=CC2)c(C(C)C)c1.CC(C)c1cc(C(C)C)c(S(=O)(=O)[N-]CCNCCCc2ccccc2)c(C(C)C)c1.O=C(O)CCC1=CCC=CC1.[CH3-].[Cl][Ru+3]. The summed E-state index contributed by atoms with van der Waals surface area (Å²) < 4.78 is 118. The van der Waals surface area contributed by atoms with E-state index in [1.807, 2.05) is 103 Å². The second-order valence-corrected chi connectivity index (χ2v) is 44.3. The summed E-state index contributed by atoms with van der Waals surface area (Å²) in [5.74, 6) is 1.62. The molecule has 730 valence electrons. The summed E-state index contributed by atoms with van der Waals surface area (Å²) in [6, 6.07) is 26.8. The summed E-state index contributed by atoms with van der Waals surface area (Å²) in [7, 11) is -9.95. The van der Waals surface area contributed by atoms with Crippen LogP contribution in [0, 0.1) is 7.43 Å². The van der Waals surface area contributed by atoms with Crippen LogP contribution in [-0.4, -0.2) is 116 Å². The molecule has 8 rings (SSSR count). The summed E-state index contributed by atoms with van der Waals surface area (Å²) >= 11 is 1.82. The number of carboxylic acid groups (broad SMARTS) is 1. The normalized spacial score (nSPS) is 13.5. The Morgan fingerprint density at radius 2 is 0.677 bits per heavy atom. The van der Waals surface area contributed by atoms with Crippen molar-refractivity contribution in [1.29, 1.82) is 0 Å². The van der Waals surface area contributed by atoms with E-state index < -0.39 is 46.1 Å². The van der Waals surface area contributed by atoms with Crippen molar-refractivity contribution in [1.82, 2.24) is 30.1 Å². The van der Waals surface area contributed by atoms with Crippen molar-refractivity contribution in [2.24, 2.45) is 5.73 Å². The molecule has 5 aromatic rings. The van der Waals surface area contributed by atoms with E-state index in [1.165, 1.54) is 39.0 Å². The van der Waals surface area contributed by atoms with Gasteiger partial charge in [0.05, 0.1) is 19.6 Å². The van der Waals surface area contributed by atoms with Gasteiger partial charge in [-0.25, -0.2) is 47.8 Å². The van der Waals surface area contributed by atoms with E-state index in [4.69, 9.17) is 10.8 Å². The van der Waals surface area contributed by atoms with E-state index in [9.17, 15) is 43.3 Å². The number of nitrogens with one attached hydrogen (secondary N) is 6. The monoisotopic (exact) mass is 1980 g/mol. The number of hydrogen-bond acceptors (Lipinski definition) is 13. The molecule has 0 radical (unpaired) electrons. The molecule has 0 saturated heterocycles.